The average Bonchev–Trinajstić information content (AvgIpc) is 3.52. The number of likely N-dealkylation sites (N-methyl/N-ethyl adjacent to an activating group) is 1. The van der Waals surface area contributed by atoms with Crippen LogP contribution in [0.4, 0.5) is 0 Å². The zero-order valence-electron chi connectivity index (χ0n) is 19.9. The minimum absolute atomic E-state index is 0.748. The van der Waals surface area contributed by atoms with Crippen LogP contribution in [0.2, 0.25) is 0 Å². The largest absolute Gasteiger partial charge is 0.318 e. The quantitative estimate of drug-likeness (QED) is 0.398. The lowest BCUT2D eigenvalue weighted by Crippen LogP contribution is -2.28. The zero-order chi connectivity index (χ0) is 23.8. The summed E-state index contributed by atoms with van der Waals surface area (Å²) < 4.78 is 4.03. The second-order valence-electron chi connectivity index (χ2n) is 8.79. The van der Waals surface area contributed by atoms with Gasteiger partial charge in [0.1, 0.15) is 5.69 Å². The number of pyridine rings is 3. The van der Waals surface area contributed by atoms with Crippen molar-refractivity contribution in [2.45, 2.75) is 26.6 Å². The molecule has 0 amide bonds. The van der Waals surface area contributed by atoms with Gasteiger partial charge in [-0.3, -0.25) is 19.3 Å². The van der Waals surface area contributed by atoms with Crippen LogP contribution in [0.15, 0.2) is 55.0 Å². The molecular weight excluding hydrogens is 438 g/mol. The summed E-state index contributed by atoms with van der Waals surface area (Å²) in [5.41, 5.74) is 9.47. The molecule has 6 heterocycles. The highest BCUT2D eigenvalue weighted by atomic mass is 15.3. The summed E-state index contributed by atoms with van der Waals surface area (Å²) in [6, 6.07) is 12.2. The molecule has 176 valence electrons. The number of nitrogens with one attached hydrogen (secondary N) is 2. The fourth-order valence-corrected chi connectivity index (χ4v) is 4.54. The highest BCUT2D eigenvalue weighted by Crippen LogP contribution is 2.35. The minimum atomic E-state index is 0.748. The summed E-state index contributed by atoms with van der Waals surface area (Å²) in [7, 11) is 1.94. The smallest absolute Gasteiger partial charge is 0.120 e. The fraction of sp³-hybridized carbons (Fsp3) is 0.269. The Kier molecular flexibility index (Phi) is 5.55. The van der Waals surface area contributed by atoms with Gasteiger partial charge in [0.2, 0.25) is 0 Å². The van der Waals surface area contributed by atoms with Crippen LogP contribution in [0, 0.1) is 6.92 Å². The summed E-state index contributed by atoms with van der Waals surface area (Å²) >= 11 is 0. The topological polar surface area (TPSA) is 98.4 Å². The van der Waals surface area contributed by atoms with E-state index in [0.29, 0.717) is 0 Å². The summed E-state index contributed by atoms with van der Waals surface area (Å²) in [5.74, 6) is 0. The van der Waals surface area contributed by atoms with Crippen LogP contribution in [0.3, 0.4) is 0 Å². The van der Waals surface area contributed by atoms with E-state index in [1.165, 1.54) is 0 Å². The Bertz CT molecular complexity index is 1510. The van der Waals surface area contributed by atoms with Crippen molar-refractivity contribution in [3.63, 3.8) is 0 Å². The highest BCUT2D eigenvalue weighted by Gasteiger charge is 2.24. The Labute approximate surface area is 203 Å². The molecule has 9 nitrogen and oxygen atoms in total. The van der Waals surface area contributed by atoms with Crippen molar-refractivity contribution in [2.75, 3.05) is 20.1 Å². The van der Waals surface area contributed by atoms with E-state index < -0.39 is 0 Å². The number of nitrogens with zero attached hydrogens (tertiary/aromatic N) is 7. The number of hydrogen-bond acceptors (Lipinski definition) is 7. The summed E-state index contributed by atoms with van der Waals surface area (Å²) in [6.45, 7) is 6.16. The number of hydrogen-bond donors (Lipinski definition) is 2. The Morgan fingerprint density at radius 2 is 1.97 bits per heavy atom. The molecule has 0 aliphatic carbocycles. The first-order chi connectivity index (χ1) is 17.2. The highest BCUT2D eigenvalue weighted by molar-refractivity contribution is 5.86. The van der Waals surface area contributed by atoms with Gasteiger partial charge in [0.15, 0.2) is 0 Å². The molecular formula is C26H27N9. The van der Waals surface area contributed by atoms with Crippen LogP contribution in [0.25, 0.3) is 44.8 Å². The Morgan fingerprint density at radius 1 is 1.03 bits per heavy atom. The number of aromatic nitrogens is 7. The van der Waals surface area contributed by atoms with Crippen LogP contribution in [-0.4, -0.2) is 54.7 Å². The molecule has 0 bridgehead atoms. The van der Waals surface area contributed by atoms with Gasteiger partial charge in [-0.1, -0.05) is 6.07 Å². The van der Waals surface area contributed by atoms with E-state index >= 15 is 0 Å². The molecule has 5 aromatic rings. The molecule has 35 heavy (non-hydrogen) atoms. The van der Waals surface area contributed by atoms with E-state index in [-0.39, 0.29) is 0 Å². The van der Waals surface area contributed by atoms with Crippen LogP contribution >= 0.6 is 0 Å². The zero-order valence-corrected chi connectivity index (χ0v) is 19.9. The fourth-order valence-electron chi connectivity index (χ4n) is 4.54. The molecule has 0 fully saturated rings. The monoisotopic (exact) mass is 465 g/mol. The average molecular weight is 466 g/mol. The van der Waals surface area contributed by atoms with Gasteiger partial charge < -0.3 is 10.6 Å². The number of aryl methyl sites for hydroxylation is 1. The lowest BCUT2D eigenvalue weighted by atomic mass is 10.0. The number of fused-ring (bicyclic) bond motifs is 2. The maximum Gasteiger partial charge on any atom is 0.120 e. The van der Waals surface area contributed by atoms with Crippen molar-refractivity contribution >= 4 is 11.0 Å². The molecule has 0 radical (unpaired) electrons. The normalized spacial score (nSPS) is 13.3. The third kappa shape index (κ3) is 4.09. The molecule has 0 unspecified atom stereocenters. The van der Waals surface area contributed by atoms with Crippen LogP contribution in [0.5, 0.6) is 0 Å². The van der Waals surface area contributed by atoms with Crippen molar-refractivity contribution < 1.29 is 0 Å². The van der Waals surface area contributed by atoms with Gasteiger partial charge in [-0.25, -0.2) is 4.98 Å². The lowest BCUT2D eigenvalue weighted by molar-refractivity contribution is 0.477. The first-order valence-corrected chi connectivity index (χ1v) is 11.9. The Balaban J connectivity index is 1.45. The summed E-state index contributed by atoms with van der Waals surface area (Å²) in [5, 5.41) is 16.1. The summed E-state index contributed by atoms with van der Waals surface area (Å²) in [6.07, 6.45) is 5.81. The van der Waals surface area contributed by atoms with Crippen molar-refractivity contribution in [1.82, 2.24) is 45.1 Å². The van der Waals surface area contributed by atoms with Crippen molar-refractivity contribution in [2.24, 2.45) is 0 Å². The molecule has 0 saturated heterocycles. The standard InChI is InChI=1S/C26H27N9/c1-17-4-3-5-22(31-17)26-25(24-15-28-9-11-35(24)33-26)21-7-6-20-23(32-21)12-18(13-29-20)19-14-30-34(16-19)10-8-27-2/h3-7,12-14,16,27-28H,8-11,15H2,1-2H3. The molecule has 5 aromatic heterocycles. The van der Waals surface area contributed by atoms with Crippen LogP contribution in [-0.2, 0) is 19.6 Å². The van der Waals surface area contributed by atoms with E-state index in [4.69, 9.17) is 15.1 Å². The van der Waals surface area contributed by atoms with E-state index in [0.717, 1.165) is 88.9 Å². The van der Waals surface area contributed by atoms with E-state index in [2.05, 4.69) is 31.5 Å². The van der Waals surface area contributed by atoms with Gasteiger partial charge in [0.25, 0.3) is 0 Å². The summed E-state index contributed by atoms with van der Waals surface area (Å²) in [4.78, 5) is 14.5. The predicted molar refractivity (Wildman–Crippen MR) is 136 cm³/mol. The van der Waals surface area contributed by atoms with Gasteiger partial charge in [-0.05, 0) is 44.3 Å². The van der Waals surface area contributed by atoms with Gasteiger partial charge in [0.05, 0.1) is 53.0 Å². The van der Waals surface area contributed by atoms with E-state index in [1.54, 1.807) is 0 Å². The van der Waals surface area contributed by atoms with Crippen molar-refractivity contribution in [3.8, 4) is 33.8 Å². The predicted octanol–water partition coefficient (Wildman–Crippen LogP) is 3.05. The third-order valence-electron chi connectivity index (χ3n) is 6.33. The van der Waals surface area contributed by atoms with Gasteiger partial charge in [-0.2, -0.15) is 10.2 Å². The Morgan fingerprint density at radius 3 is 2.86 bits per heavy atom. The molecule has 9 heteroatoms. The first-order valence-electron chi connectivity index (χ1n) is 11.9. The first kappa shape index (κ1) is 21.6. The molecule has 1 aliphatic rings. The lowest BCUT2D eigenvalue weighted by Gasteiger charge is -2.16. The van der Waals surface area contributed by atoms with Crippen LogP contribution in [0.1, 0.15) is 11.4 Å². The molecule has 0 saturated carbocycles. The maximum absolute atomic E-state index is 5.07. The van der Waals surface area contributed by atoms with Gasteiger partial charge in [-0.15, -0.1) is 0 Å². The molecule has 1 aliphatic heterocycles. The SMILES string of the molecule is CNCCn1cc(-c2cnc3ccc(-c4c(-c5cccc(C)n5)nn5c4CNCC5)nc3c2)cn1. The second-order valence-corrected chi connectivity index (χ2v) is 8.79. The second kappa shape index (κ2) is 9.01. The Hall–Kier alpha value is -3.95. The van der Waals surface area contributed by atoms with Crippen molar-refractivity contribution in [1.29, 1.82) is 0 Å². The van der Waals surface area contributed by atoms with E-state index in [9.17, 15) is 0 Å². The molecule has 2 N–H and O–H groups in total. The molecule has 6 rings (SSSR count). The van der Waals surface area contributed by atoms with E-state index in [1.807, 2.05) is 67.6 Å². The number of rotatable bonds is 6. The third-order valence-corrected chi connectivity index (χ3v) is 6.33. The molecule has 0 aromatic carbocycles. The maximum atomic E-state index is 5.07. The van der Waals surface area contributed by atoms with Gasteiger partial charge in [0, 0.05) is 48.8 Å². The molecule has 0 spiro atoms. The van der Waals surface area contributed by atoms with Crippen LogP contribution < -0.4 is 10.6 Å². The minimum Gasteiger partial charge on any atom is -0.318 e. The molecule has 0 atom stereocenters. The van der Waals surface area contributed by atoms with Crippen molar-refractivity contribution in [3.05, 3.63) is 66.4 Å². The van der Waals surface area contributed by atoms with Gasteiger partial charge >= 0.3 is 0 Å².